The predicted octanol–water partition coefficient (Wildman–Crippen LogP) is 2.08. The molecule has 0 aliphatic rings. The molecule has 0 fully saturated rings. The van der Waals surface area contributed by atoms with Crippen LogP contribution in [0.2, 0.25) is 0 Å². The standard InChI is InChI=1S/C16H26N2O2/c1-14(12-17)8-9-16(19)18-10-5-11-20-13-15-6-3-2-4-7-15/h2-4,6-7,14H,5,8-13,17H2,1H3,(H,18,19). The van der Waals surface area contributed by atoms with Gasteiger partial charge in [0.25, 0.3) is 0 Å². The topological polar surface area (TPSA) is 64.4 Å². The fourth-order valence-corrected chi connectivity index (χ4v) is 1.75. The van der Waals surface area contributed by atoms with E-state index in [1.165, 1.54) is 5.56 Å². The molecule has 4 heteroatoms. The highest BCUT2D eigenvalue weighted by Gasteiger charge is 2.04. The molecule has 0 aromatic heterocycles. The molecule has 1 unspecified atom stereocenters. The van der Waals surface area contributed by atoms with E-state index in [4.69, 9.17) is 10.5 Å². The van der Waals surface area contributed by atoms with Crippen molar-refractivity contribution in [1.29, 1.82) is 0 Å². The summed E-state index contributed by atoms with van der Waals surface area (Å²) in [6.07, 6.45) is 2.25. The lowest BCUT2D eigenvalue weighted by atomic mass is 10.1. The molecule has 1 aromatic carbocycles. The van der Waals surface area contributed by atoms with Crippen LogP contribution in [-0.4, -0.2) is 25.6 Å². The first-order valence-electron chi connectivity index (χ1n) is 7.30. The van der Waals surface area contributed by atoms with Crippen molar-refractivity contribution in [3.63, 3.8) is 0 Å². The molecule has 1 amide bonds. The number of amides is 1. The lowest BCUT2D eigenvalue weighted by Gasteiger charge is -2.09. The number of benzene rings is 1. The zero-order valence-electron chi connectivity index (χ0n) is 12.3. The Morgan fingerprint density at radius 2 is 2.10 bits per heavy atom. The molecular formula is C16H26N2O2. The highest BCUT2D eigenvalue weighted by molar-refractivity contribution is 5.75. The van der Waals surface area contributed by atoms with Gasteiger partial charge in [0, 0.05) is 19.6 Å². The van der Waals surface area contributed by atoms with Crippen LogP contribution in [0.1, 0.15) is 31.7 Å². The largest absolute Gasteiger partial charge is 0.377 e. The molecule has 20 heavy (non-hydrogen) atoms. The molecule has 0 aliphatic heterocycles. The summed E-state index contributed by atoms with van der Waals surface area (Å²) in [5.74, 6) is 0.517. The van der Waals surface area contributed by atoms with Gasteiger partial charge in [-0.1, -0.05) is 37.3 Å². The van der Waals surface area contributed by atoms with Crippen LogP contribution in [-0.2, 0) is 16.1 Å². The van der Waals surface area contributed by atoms with Crippen molar-refractivity contribution in [1.82, 2.24) is 5.32 Å². The van der Waals surface area contributed by atoms with E-state index >= 15 is 0 Å². The number of nitrogens with two attached hydrogens (primary N) is 1. The average Bonchev–Trinajstić information content (AvgIpc) is 2.49. The minimum atomic E-state index is 0.105. The maximum atomic E-state index is 11.5. The smallest absolute Gasteiger partial charge is 0.220 e. The van der Waals surface area contributed by atoms with Crippen molar-refractivity contribution in [2.24, 2.45) is 11.7 Å². The summed E-state index contributed by atoms with van der Waals surface area (Å²) in [5.41, 5.74) is 6.69. The molecule has 1 aromatic rings. The first-order chi connectivity index (χ1) is 9.72. The quantitative estimate of drug-likeness (QED) is 0.644. The van der Waals surface area contributed by atoms with Crippen LogP contribution >= 0.6 is 0 Å². The average molecular weight is 278 g/mol. The van der Waals surface area contributed by atoms with Gasteiger partial charge in [-0.2, -0.15) is 0 Å². The molecule has 0 heterocycles. The van der Waals surface area contributed by atoms with Crippen molar-refractivity contribution in [2.45, 2.75) is 32.8 Å². The lowest BCUT2D eigenvalue weighted by molar-refractivity contribution is -0.121. The van der Waals surface area contributed by atoms with Crippen molar-refractivity contribution in [2.75, 3.05) is 19.7 Å². The van der Waals surface area contributed by atoms with E-state index in [-0.39, 0.29) is 5.91 Å². The van der Waals surface area contributed by atoms with Gasteiger partial charge in [-0.25, -0.2) is 0 Å². The number of carbonyl (C=O) groups excluding carboxylic acids is 1. The van der Waals surface area contributed by atoms with Gasteiger partial charge in [-0.05, 0) is 30.9 Å². The van der Waals surface area contributed by atoms with Crippen molar-refractivity contribution < 1.29 is 9.53 Å². The van der Waals surface area contributed by atoms with Gasteiger partial charge in [-0.3, -0.25) is 4.79 Å². The second kappa shape index (κ2) is 10.4. The molecule has 0 bridgehead atoms. The molecule has 0 saturated carbocycles. The number of nitrogens with one attached hydrogen (secondary N) is 1. The first kappa shape index (κ1) is 16.7. The van der Waals surface area contributed by atoms with E-state index in [1.807, 2.05) is 30.3 Å². The number of hydrogen-bond donors (Lipinski definition) is 2. The molecular weight excluding hydrogens is 252 g/mol. The lowest BCUT2D eigenvalue weighted by Crippen LogP contribution is -2.26. The van der Waals surface area contributed by atoms with Gasteiger partial charge >= 0.3 is 0 Å². The summed E-state index contributed by atoms with van der Waals surface area (Å²) in [4.78, 5) is 11.5. The Kier molecular flexibility index (Phi) is 8.67. The zero-order chi connectivity index (χ0) is 14.6. The summed E-state index contributed by atoms with van der Waals surface area (Å²) in [6, 6.07) is 10.1. The third-order valence-electron chi connectivity index (χ3n) is 3.17. The molecule has 0 radical (unpaired) electrons. The van der Waals surface area contributed by atoms with Gasteiger partial charge in [0.15, 0.2) is 0 Å². The minimum absolute atomic E-state index is 0.105. The number of ether oxygens (including phenoxy) is 1. The summed E-state index contributed by atoms with van der Waals surface area (Å²) in [5, 5.41) is 2.90. The van der Waals surface area contributed by atoms with E-state index in [1.54, 1.807) is 0 Å². The van der Waals surface area contributed by atoms with Crippen LogP contribution in [0.15, 0.2) is 30.3 Å². The van der Waals surface area contributed by atoms with E-state index in [9.17, 15) is 4.79 Å². The van der Waals surface area contributed by atoms with Crippen LogP contribution in [0.25, 0.3) is 0 Å². The van der Waals surface area contributed by atoms with Gasteiger partial charge < -0.3 is 15.8 Å². The molecule has 1 rings (SSSR count). The Balaban J connectivity index is 1.95. The van der Waals surface area contributed by atoms with E-state index in [2.05, 4.69) is 12.2 Å². The fraction of sp³-hybridized carbons (Fsp3) is 0.562. The van der Waals surface area contributed by atoms with E-state index < -0.39 is 0 Å². The highest BCUT2D eigenvalue weighted by atomic mass is 16.5. The fourth-order valence-electron chi connectivity index (χ4n) is 1.75. The normalized spacial score (nSPS) is 12.1. The van der Waals surface area contributed by atoms with Gasteiger partial charge in [0.05, 0.1) is 6.61 Å². The van der Waals surface area contributed by atoms with Gasteiger partial charge in [-0.15, -0.1) is 0 Å². The second-order valence-electron chi connectivity index (χ2n) is 5.12. The maximum absolute atomic E-state index is 11.5. The Morgan fingerprint density at radius 3 is 2.80 bits per heavy atom. The SMILES string of the molecule is CC(CN)CCC(=O)NCCCOCc1ccccc1. The first-order valence-corrected chi connectivity index (χ1v) is 7.30. The van der Waals surface area contributed by atoms with E-state index in [0.717, 1.165) is 12.8 Å². The van der Waals surface area contributed by atoms with Crippen molar-refractivity contribution >= 4 is 5.91 Å². The Labute approximate surface area is 121 Å². The molecule has 112 valence electrons. The van der Waals surface area contributed by atoms with Crippen molar-refractivity contribution in [3.8, 4) is 0 Å². The second-order valence-corrected chi connectivity index (χ2v) is 5.12. The Bertz CT molecular complexity index is 368. The van der Waals surface area contributed by atoms with Crippen LogP contribution in [0.5, 0.6) is 0 Å². The molecule has 4 nitrogen and oxygen atoms in total. The Hall–Kier alpha value is -1.39. The van der Waals surface area contributed by atoms with Crippen molar-refractivity contribution in [3.05, 3.63) is 35.9 Å². The molecule has 1 atom stereocenters. The number of carbonyl (C=O) groups is 1. The zero-order valence-corrected chi connectivity index (χ0v) is 12.3. The molecule has 0 aliphatic carbocycles. The van der Waals surface area contributed by atoms with Crippen LogP contribution in [0.4, 0.5) is 0 Å². The third kappa shape index (κ3) is 7.92. The van der Waals surface area contributed by atoms with Crippen LogP contribution < -0.4 is 11.1 Å². The molecule has 0 spiro atoms. The minimum Gasteiger partial charge on any atom is -0.377 e. The highest BCUT2D eigenvalue weighted by Crippen LogP contribution is 2.03. The van der Waals surface area contributed by atoms with E-state index in [0.29, 0.717) is 38.6 Å². The summed E-state index contributed by atoms with van der Waals surface area (Å²) >= 11 is 0. The summed E-state index contributed by atoms with van der Waals surface area (Å²) in [7, 11) is 0. The van der Waals surface area contributed by atoms with Gasteiger partial charge in [0.2, 0.25) is 5.91 Å². The molecule has 3 N–H and O–H groups in total. The van der Waals surface area contributed by atoms with Gasteiger partial charge in [0.1, 0.15) is 0 Å². The molecule has 0 saturated heterocycles. The number of rotatable bonds is 10. The number of hydrogen-bond acceptors (Lipinski definition) is 3. The monoisotopic (exact) mass is 278 g/mol. The van der Waals surface area contributed by atoms with Crippen LogP contribution in [0, 0.1) is 5.92 Å². The Morgan fingerprint density at radius 1 is 1.35 bits per heavy atom. The summed E-state index contributed by atoms with van der Waals surface area (Å²) < 4.78 is 5.55. The van der Waals surface area contributed by atoms with Crippen LogP contribution in [0.3, 0.4) is 0 Å². The summed E-state index contributed by atoms with van der Waals surface area (Å²) in [6.45, 7) is 4.66. The third-order valence-corrected chi connectivity index (χ3v) is 3.17. The predicted molar refractivity (Wildman–Crippen MR) is 81.2 cm³/mol. The maximum Gasteiger partial charge on any atom is 0.220 e.